The highest BCUT2D eigenvalue weighted by molar-refractivity contribution is 5.51. The van der Waals surface area contributed by atoms with E-state index in [-0.39, 0.29) is 0 Å². The van der Waals surface area contributed by atoms with Crippen molar-refractivity contribution in [3.63, 3.8) is 0 Å². The summed E-state index contributed by atoms with van der Waals surface area (Å²) >= 11 is 0. The van der Waals surface area contributed by atoms with Gasteiger partial charge >= 0.3 is 0 Å². The van der Waals surface area contributed by atoms with Crippen molar-refractivity contribution < 1.29 is 4.74 Å². The van der Waals surface area contributed by atoms with Gasteiger partial charge in [-0.3, -0.25) is 4.90 Å². The van der Waals surface area contributed by atoms with Gasteiger partial charge in [-0.1, -0.05) is 26.0 Å². The third-order valence-corrected chi connectivity index (χ3v) is 4.89. The minimum atomic E-state index is 0.420. The van der Waals surface area contributed by atoms with Gasteiger partial charge in [-0.25, -0.2) is 0 Å². The van der Waals surface area contributed by atoms with E-state index in [9.17, 15) is 0 Å². The van der Waals surface area contributed by atoms with Gasteiger partial charge < -0.3 is 10.5 Å². The van der Waals surface area contributed by atoms with Crippen LogP contribution in [-0.4, -0.2) is 30.2 Å². The molecule has 3 rings (SSSR count). The topological polar surface area (TPSA) is 38.5 Å². The number of hydrogen-bond donors (Lipinski definition) is 1. The van der Waals surface area contributed by atoms with Crippen molar-refractivity contribution in [3.05, 3.63) is 29.3 Å². The summed E-state index contributed by atoms with van der Waals surface area (Å²) in [6.45, 7) is 7.59. The van der Waals surface area contributed by atoms with Crippen molar-refractivity contribution in [1.29, 1.82) is 0 Å². The molecule has 2 unspecified atom stereocenters. The molecular weight excluding hydrogens is 248 g/mol. The Bertz CT molecular complexity index is 472. The van der Waals surface area contributed by atoms with Crippen molar-refractivity contribution in [2.24, 2.45) is 5.92 Å². The molecule has 1 fully saturated rings. The first-order valence-electron chi connectivity index (χ1n) is 7.87. The summed E-state index contributed by atoms with van der Waals surface area (Å²) in [7, 11) is 0. The molecule has 2 N–H and O–H groups in total. The smallest absolute Gasteiger partial charge is 0.0612 e. The molecule has 3 heteroatoms. The molecule has 0 saturated carbocycles. The number of nitrogen functional groups attached to an aromatic ring is 1. The second-order valence-corrected chi connectivity index (χ2v) is 6.54. The molecule has 2 atom stereocenters. The van der Waals surface area contributed by atoms with Crippen LogP contribution in [0.4, 0.5) is 5.69 Å². The summed E-state index contributed by atoms with van der Waals surface area (Å²) < 4.78 is 5.90. The number of hydrogen-bond acceptors (Lipinski definition) is 3. The number of anilines is 1. The minimum Gasteiger partial charge on any atom is -0.398 e. The summed E-state index contributed by atoms with van der Waals surface area (Å²) in [5.41, 5.74) is 9.91. The molecule has 0 radical (unpaired) electrons. The molecule has 0 bridgehead atoms. The number of fused-ring (bicyclic) bond motifs is 1. The average Bonchev–Trinajstić information content (AvgIpc) is 2.47. The lowest BCUT2D eigenvalue weighted by Crippen LogP contribution is -2.45. The number of nitrogens with two attached hydrogens (primary N) is 1. The Hall–Kier alpha value is -1.06. The second-order valence-electron chi connectivity index (χ2n) is 6.54. The fourth-order valence-electron chi connectivity index (χ4n) is 3.55. The van der Waals surface area contributed by atoms with E-state index in [2.05, 4.69) is 30.9 Å². The van der Waals surface area contributed by atoms with E-state index >= 15 is 0 Å². The van der Waals surface area contributed by atoms with Gasteiger partial charge in [0.1, 0.15) is 0 Å². The molecule has 1 aromatic rings. The average molecular weight is 274 g/mol. The van der Waals surface area contributed by atoms with E-state index in [0.717, 1.165) is 38.2 Å². The number of rotatable bonds is 2. The van der Waals surface area contributed by atoms with Crippen LogP contribution in [0.15, 0.2) is 18.2 Å². The second kappa shape index (κ2) is 5.74. The molecule has 0 amide bonds. The van der Waals surface area contributed by atoms with Crippen molar-refractivity contribution >= 4 is 5.69 Å². The molecule has 0 aliphatic carbocycles. The van der Waals surface area contributed by atoms with E-state index in [1.807, 2.05) is 6.07 Å². The Morgan fingerprint density at radius 2 is 2.20 bits per heavy atom. The maximum atomic E-state index is 6.16. The fraction of sp³-hybridized carbons (Fsp3) is 0.647. The van der Waals surface area contributed by atoms with Gasteiger partial charge in [0.2, 0.25) is 0 Å². The van der Waals surface area contributed by atoms with E-state index < -0.39 is 0 Å². The van der Waals surface area contributed by atoms with Crippen LogP contribution in [0.25, 0.3) is 0 Å². The number of ether oxygens (including phenoxy) is 1. The molecule has 3 nitrogen and oxygen atoms in total. The zero-order valence-corrected chi connectivity index (χ0v) is 12.6. The number of nitrogens with zero attached hydrogens (tertiary/aromatic N) is 1. The van der Waals surface area contributed by atoms with Gasteiger partial charge in [-0.15, -0.1) is 0 Å². The Labute approximate surface area is 122 Å². The highest BCUT2D eigenvalue weighted by Crippen LogP contribution is 2.30. The molecule has 110 valence electrons. The third kappa shape index (κ3) is 2.70. The summed E-state index contributed by atoms with van der Waals surface area (Å²) in [6, 6.07) is 6.99. The molecule has 2 aliphatic rings. The SMILES string of the molecule is CC(C)C1CC(N2CCc3cccc(N)c3C2)CCO1. The Balaban J connectivity index is 1.72. The van der Waals surface area contributed by atoms with Gasteiger partial charge in [0.05, 0.1) is 6.10 Å². The zero-order chi connectivity index (χ0) is 14.1. The maximum absolute atomic E-state index is 6.16. The summed E-state index contributed by atoms with van der Waals surface area (Å²) in [5, 5.41) is 0. The quantitative estimate of drug-likeness (QED) is 0.843. The van der Waals surface area contributed by atoms with Gasteiger partial charge in [0.15, 0.2) is 0 Å². The summed E-state index contributed by atoms with van der Waals surface area (Å²) in [6.07, 6.45) is 3.87. The van der Waals surface area contributed by atoms with Crippen LogP contribution in [0.2, 0.25) is 0 Å². The number of benzene rings is 1. The van der Waals surface area contributed by atoms with Crippen LogP contribution in [0, 0.1) is 5.92 Å². The first-order chi connectivity index (χ1) is 9.65. The highest BCUT2D eigenvalue weighted by atomic mass is 16.5. The molecule has 2 heterocycles. The monoisotopic (exact) mass is 274 g/mol. The summed E-state index contributed by atoms with van der Waals surface area (Å²) in [4.78, 5) is 2.62. The van der Waals surface area contributed by atoms with Gasteiger partial charge in [-0.05, 0) is 42.4 Å². The van der Waals surface area contributed by atoms with Crippen molar-refractivity contribution in [2.75, 3.05) is 18.9 Å². The van der Waals surface area contributed by atoms with Crippen molar-refractivity contribution in [2.45, 2.75) is 51.8 Å². The lowest BCUT2D eigenvalue weighted by Gasteiger charge is -2.41. The summed E-state index contributed by atoms with van der Waals surface area (Å²) in [5.74, 6) is 0.611. The molecule has 1 saturated heterocycles. The lowest BCUT2D eigenvalue weighted by molar-refractivity contribution is -0.0508. The fourth-order valence-corrected chi connectivity index (χ4v) is 3.55. The first-order valence-corrected chi connectivity index (χ1v) is 7.87. The Morgan fingerprint density at radius 3 is 3.00 bits per heavy atom. The van der Waals surface area contributed by atoms with E-state index in [4.69, 9.17) is 10.5 Å². The first kappa shape index (κ1) is 13.9. The van der Waals surface area contributed by atoms with E-state index in [1.54, 1.807) is 0 Å². The Kier molecular flexibility index (Phi) is 3.99. The van der Waals surface area contributed by atoms with Crippen molar-refractivity contribution in [3.8, 4) is 0 Å². The van der Waals surface area contributed by atoms with Gasteiger partial charge in [-0.2, -0.15) is 0 Å². The van der Waals surface area contributed by atoms with Crippen LogP contribution in [0.3, 0.4) is 0 Å². The molecule has 2 aliphatic heterocycles. The molecule has 0 spiro atoms. The molecule has 20 heavy (non-hydrogen) atoms. The van der Waals surface area contributed by atoms with Gasteiger partial charge in [0.25, 0.3) is 0 Å². The maximum Gasteiger partial charge on any atom is 0.0612 e. The van der Waals surface area contributed by atoms with Crippen LogP contribution in [-0.2, 0) is 17.7 Å². The Morgan fingerprint density at radius 1 is 1.35 bits per heavy atom. The van der Waals surface area contributed by atoms with E-state index in [1.165, 1.54) is 17.5 Å². The van der Waals surface area contributed by atoms with Gasteiger partial charge in [0, 0.05) is 31.4 Å². The molecule has 0 aromatic heterocycles. The van der Waals surface area contributed by atoms with Crippen LogP contribution < -0.4 is 5.73 Å². The zero-order valence-electron chi connectivity index (χ0n) is 12.6. The van der Waals surface area contributed by atoms with Crippen LogP contribution in [0.5, 0.6) is 0 Å². The molecule has 1 aromatic carbocycles. The standard InChI is InChI=1S/C17H26N2O/c1-12(2)17-10-14(7-9-20-17)19-8-6-13-4-3-5-16(18)15(13)11-19/h3-5,12,14,17H,6-11,18H2,1-2H3. The highest BCUT2D eigenvalue weighted by Gasteiger charge is 2.31. The predicted octanol–water partition coefficient (Wildman–Crippen LogP) is 2.83. The van der Waals surface area contributed by atoms with Crippen LogP contribution >= 0.6 is 0 Å². The van der Waals surface area contributed by atoms with Crippen molar-refractivity contribution in [1.82, 2.24) is 4.90 Å². The molecular formula is C17H26N2O. The predicted molar refractivity (Wildman–Crippen MR) is 82.6 cm³/mol. The normalized spacial score (nSPS) is 27.6. The third-order valence-electron chi connectivity index (χ3n) is 4.89. The lowest BCUT2D eigenvalue weighted by atomic mass is 9.91. The van der Waals surface area contributed by atoms with Crippen LogP contribution in [0.1, 0.15) is 37.8 Å². The largest absolute Gasteiger partial charge is 0.398 e. The van der Waals surface area contributed by atoms with E-state index in [0.29, 0.717) is 18.1 Å². The minimum absolute atomic E-state index is 0.420.